The lowest BCUT2D eigenvalue weighted by Gasteiger charge is -2.06. The molecule has 0 radical (unpaired) electrons. The Balaban J connectivity index is 2.14. The standard InChI is InChI=1S/C13H9N5O4/c19-12-6-9(13(20)16-11-3-4-14-17-11)8-5-7(18(21)22)1-2-10(8)15-12/h1-6H,(H,15,19)(H2,14,16,17,20). The molecule has 0 unspecified atom stereocenters. The highest BCUT2D eigenvalue weighted by Crippen LogP contribution is 2.22. The summed E-state index contributed by atoms with van der Waals surface area (Å²) in [6.45, 7) is 0. The van der Waals surface area contributed by atoms with Gasteiger partial charge in [0.15, 0.2) is 0 Å². The molecule has 0 saturated heterocycles. The molecular formula is C13H9N5O4. The van der Waals surface area contributed by atoms with Crippen LogP contribution < -0.4 is 10.9 Å². The molecule has 9 heteroatoms. The Morgan fingerprint density at radius 1 is 1.27 bits per heavy atom. The summed E-state index contributed by atoms with van der Waals surface area (Å²) in [7, 11) is 0. The Morgan fingerprint density at radius 2 is 2.09 bits per heavy atom. The van der Waals surface area contributed by atoms with Gasteiger partial charge in [0.05, 0.1) is 16.7 Å². The lowest BCUT2D eigenvalue weighted by atomic mass is 10.1. The van der Waals surface area contributed by atoms with Gasteiger partial charge >= 0.3 is 0 Å². The molecule has 1 amide bonds. The van der Waals surface area contributed by atoms with Crippen LogP contribution in [0.2, 0.25) is 0 Å². The number of amides is 1. The number of nitrogens with one attached hydrogen (secondary N) is 3. The average Bonchev–Trinajstić information content (AvgIpc) is 2.98. The molecular weight excluding hydrogens is 290 g/mol. The molecule has 22 heavy (non-hydrogen) atoms. The fraction of sp³-hybridized carbons (Fsp3) is 0. The number of anilines is 1. The Labute approximate surface area is 122 Å². The zero-order valence-corrected chi connectivity index (χ0v) is 11.0. The van der Waals surface area contributed by atoms with Crippen LogP contribution in [0.1, 0.15) is 10.4 Å². The number of pyridine rings is 1. The van der Waals surface area contributed by atoms with Gasteiger partial charge in [-0.15, -0.1) is 0 Å². The summed E-state index contributed by atoms with van der Waals surface area (Å²) in [5.41, 5.74) is -0.267. The largest absolute Gasteiger partial charge is 0.322 e. The van der Waals surface area contributed by atoms with E-state index in [2.05, 4.69) is 20.5 Å². The first-order valence-corrected chi connectivity index (χ1v) is 6.17. The summed E-state index contributed by atoms with van der Waals surface area (Å²) in [6.07, 6.45) is 1.45. The first kappa shape index (κ1) is 13.5. The molecule has 3 rings (SSSR count). The average molecular weight is 299 g/mol. The van der Waals surface area contributed by atoms with Crippen LogP contribution in [0.5, 0.6) is 0 Å². The van der Waals surface area contributed by atoms with Gasteiger partial charge in [-0.3, -0.25) is 24.8 Å². The van der Waals surface area contributed by atoms with Crippen LogP contribution in [0.4, 0.5) is 11.5 Å². The van der Waals surface area contributed by atoms with E-state index in [0.717, 1.165) is 6.07 Å². The zero-order chi connectivity index (χ0) is 15.7. The van der Waals surface area contributed by atoms with Crippen molar-refractivity contribution in [2.45, 2.75) is 0 Å². The molecule has 9 nitrogen and oxygen atoms in total. The van der Waals surface area contributed by atoms with Gasteiger partial charge in [-0.1, -0.05) is 0 Å². The van der Waals surface area contributed by atoms with Crippen molar-refractivity contribution < 1.29 is 9.72 Å². The van der Waals surface area contributed by atoms with Crippen molar-refractivity contribution in [3.63, 3.8) is 0 Å². The normalized spacial score (nSPS) is 10.5. The number of non-ortho nitro benzene ring substituents is 1. The van der Waals surface area contributed by atoms with Gasteiger partial charge in [-0.2, -0.15) is 5.10 Å². The van der Waals surface area contributed by atoms with Gasteiger partial charge in [0.2, 0.25) is 5.56 Å². The molecule has 110 valence electrons. The molecule has 0 fully saturated rings. The van der Waals surface area contributed by atoms with Crippen molar-refractivity contribution in [3.05, 3.63) is 62.6 Å². The first-order chi connectivity index (χ1) is 10.5. The zero-order valence-electron chi connectivity index (χ0n) is 11.0. The minimum absolute atomic E-state index is 0.0389. The number of carbonyl (C=O) groups excluding carboxylic acids is 1. The molecule has 0 spiro atoms. The number of H-pyrrole nitrogens is 2. The lowest BCUT2D eigenvalue weighted by molar-refractivity contribution is -0.384. The van der Waals surface area contributed by atoms with E-state index in [1.807, 2.05) is 0 Å². The first-order valence-electron chi connectivity index (χ1n) is 6.17. The van der Waals surface area contributed by atoms with Crippen molar-refractivity contribution in [2.75, 3.05) is 5.32 Å². The maximum Gasteiger partial charge on any atom is 0.270 e. The van der Waals surface area contributed by atoms with Crippen LogP contribution in [0.15, 0.2) is 41.3 Å². The Kier molecular flexibility index (Phi) is 3.14. The van der Waals surface area contributed by atoms with Gasteiger partial charge in [0, 0.05) is 35.2 Å². The highest BCUT2D eigenvalue weighted by molar-refractivity contribution is 6.12. The second-order valence-corrected chi connectivity index (χ2v) is 4.46. The van der Waals surface area contributed by atoms with E-state index < -0.39 is 16.4 Å². The predicted molar refractivity (Wildman–Crippen MR) is 77.8 cm³/mol. The van der Waals surface area contributed by atoms with Crippen LogP contribution in [0.25, 0.3) is 10.9 Å². The third kappa shape index (κ3) is 2.42. The van der Waals surface area contributed by atoms with Gasteiger partial charge in [0.1, 0.15) is 5.82 Å². The van der Waals surface area contributed by atoms with E-state index in [9.17, 15) is 19.7 Å². The minimum Gasteiger partial charge on any atom is -0.322 e. The molecule has 1 aromatic carbocycles. The lowest BCUT2D eigenvalue weighted by Crippen LogP contribution is -2.17. The second-order valence-electron chi connectivity index (χ2n) is 4.46. The number of nitro groups is 1. The molecule has 0 saturated carbocycles. The number of nitrogens with zero attached hydrogens (tertiary/aromatic N) is 2. The van der Waals surface area contributed by atoms with Crippen LogP contribution in [-0.2, 0) is 0 Å². The van der Waals surface area contributed by atoms with E-state index in [1.165, 1.54) is 30.5 Å². The molecule has 2 heterocycles. The summed E-state index contributed by atoms with van der Waals surface area (Å²) < 4.78 is 0. The molecule has 0 aliphatic carbocycles. The van der Waals surface area contributed by atoms with Gasteiger partial charge in [0.25, 0.3) is 11.6 Å². The maximum absolute atomic E-state index is 12.3. The third-order valence-corrected chi connectivity index (χ3v) is 3.03. The SMILES string of the molecule is O=C(Nc1ccn[nH]1)c1cc(=O)[nH]c2ccc([N+](=O)[O-])cc12. The Hall–Kier alpha value is -3.49. The monoisotopic (exact) mass is 299 g/mol. The summed E-state index contributed by atoms with van der Waals surface area (Å²) in [5, 5.41) is 19.9. The van der Waals surface area contributed by atoms with Gasteiger partial charge in [-0.25, -0.2) is 0 Å². The van der Waals surface area contributed by atoms with E-state index >= 15 is 0 Å². The number of carbonyl (C=O) groups is 1. The van der Waals surface area contributed by atoms with Gasteiger partial charge < -0.3 is 10.3 Å². The maximum atomic E-state index is 12.3. The highest BCUT2D eigenvalue weighted by Gasteiger charge is 2.15. The molecule has 3 aromatic rings. The highest BCUT2D eigenvalue weighted by atomic mass is 16.6. The number of hydrogen-bond acceptors (Lipinski definition) is 5. The summed E-state index contributed by atoms with van der Waals surface area (Å²) in [6, 6.07) is 6.53. The Bertz CT molecular complexity index is 929. The number of aromatic amines is 2. The number of nitro benzene ring substituents is 1. The fourth-order valence-electron chi connectivity index (χ4n) is 2.06. The molecule has 0 bridgehead atoms. The van der Waals surface area contributed by atoms with Crippen molar-refractivity contribution in [1.29, 1.82) is 0 Å². The summed E-state index contributed by atoms with van der Waals surface area (Å²) in [5.74, 6) is -0.218. The molecule has 2 aromatic heterocycles. The number of fused-ring (bicyclic) bond motifs is 1. The van der Waals surface area contributed by atoms with Crippen molar-refractivity contribution in [2.24, 2.45) is 0 Å². The third-order valence-electron chi connectivity index (χ3n) is 3.03. The predicted octanol–water partition coefficient (Wildman–Crippen LogP) is 1.41. The van der Waals surface area contributed by atoms with Crippen LogP contribution >= 0.6 is 0 Å². The van der Waals surface area contributed by atoms with Crippen molar-refractivity contribution in [3.8, 4) is 0 Å². The number of rotatable bonds is 3. The quantitative estimate of drug-likeness (QED) is 0.496. The van der Waals surface area contributed by atoms with E-state index in [4.69, 9.17) is 0 Å². The van der Waals surface area contributed by atoms with Gasteiger partial charge in [-0.05, 0) is 6.07 Å². The second kappa shape index (κ2) is 5.13. The van der Waals surface area contributed by atoms with Crippen LogP contribution in [-0.4, -0.2) is 26.0 Å². The molecule has 0 aliphatic rings. The fourth-order valence-corrected chi connectivity index (χ4v) is 2.06. The van der Waals surface area contributed by atoms with E-state index in [1.54, 1.807) is 0 Å². The van der Waals surface area contributed by atoms with Crippen LogP contribution in [0, 0.1) is 10.1 Å². The summed E-state index contributed by atoms with van der Waals surface area (Å²) in [4.78, 5) is 36.8. The van der Waals surface area contributed by atoms with Crippen molar-refractivity contribution in [1.82, 2.24) is 15.2 Å². The van der Waals surface area contributed by atoms with Crippen molar-refractivity contribution >= 4 is 28.3 Å². The van der Waals surface area contributed by atoms with E-state index in [-0.39, 0.29) is 16.6 Å². The molecule has 0 aliphatic heterocycles. The molecule has 3 N–H and O–H groups in total. The molecule has 0 atom stereocenters. The summed E-state index contributed by atoms with van der Waals surface area (Å²) >= 11 is 0. The number of aromatic nitrogens is 3. The van der Waals surface area contributed by atoms with E-state index in [0.29, 0.717) is 11.3 Å². The smallest absolute Gasteiger partial charge is 0.270 e. The minimum atomic E-state index is -0.569. The Morgan fingerprint density at radius 3 is 2.77 bits per heavy atom. The number of hydrogen-bond donors (Lipinski definition) is 3. The topological polar surface area (TPSA) is 134 Å². The van der Waals surface area contributed by atoms with Crippen LogP contribution in [0.3, 0.4) is 0 Å². The number of benzene rings is 1.